The highest BCUT2D eigenvalue weighted by Crippen LogP contribution is 2.32. The second-order valence-electron chi connectivity index (χ2n) is 3.66. The van der Waals surface area contributed by atoms with Crippen LogP contribution in [0.15, 0.2) is 12.1 Å². The highest BCUT2D eigenvalue weighted by molar-refractivity contribution is 6.36. The molecule has 1 N–H and O–H groups in total. The Morgan fingerprint density at radius 2 is 2.00 bits per heavy atom. The fraction of sp³-hybridized carbons (Fsp3) is 0.417. The largest absolute Gasteiger partial charge is 0.506 e. The third kappa shape index (κ3) is 3.39. The van der Waals surface area contributed by atoms with E-state index in [1.807, 2.05) is 0 Å². The Hall–Kier alpha value is -0.730. The molecule has 2 nitrogen and oxygen atoms in total. The van der Waals surface area contributed by atoms with Crippen molar-refractivity contribution in [3.63, 3.8) is 0 Å². The Labute approximate surface area is 105 Å². The van der Waals surface area contributed by atoms with Gasteiger partial charge in [-0.15, -0.1) is 0 Å². The van der Waals surface area contributed by atoms with Gasteiger partial charge in [0, 0.05) is 11.4 Å². The molecule has 0 amide bonds. The Balaban J connectivity index is 2.82. The highest BCUT2D eigenvalue weighted by atomic mass is 35.5. The molecule has 0 atom stereocenters. The van der Waals surface area contributed by atoms with E-state index >= 15 is 0 Å². The summed E-state index contributed by atoms with van der Waals surface area (Å²) in [4.78, 5) is 11.8. The van der Waals surface area contributed by atoms with Gasteiger partial charge in [-0.25, -0.2) is 0 Å². The summed E-state index contributed by atoms with van der Waals surface area (Å²) in [5.41, 5.74) is 0.216. The van der Waals surface area contributed by atoms with Crippen molar-refractivity contribution in [2.45, 2.75) is 32.6 Å². The number of rotatable bonds is 5. The fourth-order valence-electron chi connectivity index (χ4n) is 1.45. The van der Waals surface area contributed by atoms with Gasteiger partial charge in [0.1, 0.15) is 5.75 Å². The van der Waals surface area contributed by atoms with Crippen molar-refractivity contribution in [2.75, 3.05) is 0 Å². The third-order valence-corrected chi connectivity index (χ3v) is 2.84. The van der Waals surface area contributed by atoms with E-state index in [-0.39, 0.29) is 22.1 Å². The number of phenolic OH excluding ortho intramolecular Hbond substituents is 1. The van der Waals surface area contributed by atoms with Crippen molar-refractivity contribution >= 4 is 29.0 Å². The first-order chi connectivity index (χ1) is 7.56. The number of carbonyl (C=O) groups is 1. The van der Waals surface area contributed by atoms with Gasteiger partial charge in [-0.2, -0.15) is 0 Å². The number of halogens is 2. The number of unbranched alkanes of at least 4 members (excludes halogenated alkanes) is 2. The van der Waals surface area contributed by atoms with E-state index in [1.165, 1.54) is 12.1 Å². The fourth-order valence-corrected chi connectivity index (χ4v) is 1.94. The van der Waals surface area contributed by atoms with Crippen LogP contribution in [0.3, 0.4) is 0 Å². The standard InChI is InChI=1S/C12H14Cl2O2/c1-2-3-4-5-11(15)9-6-8(13)7-10(14)12(9)16/h6-7,16H,2-5H2,1H3. The lowest BCUT2D eigenvalue weighted by molar-refractivity contribution is 0.0976. The van der Waals surface area contributed by atoms with E-state index in [1.54, 1.807) is 0 Å². The Kier molecular flexibility index (Phi) is 5.10. The van der Waals surface area contributed by atoms with Crippen LogP contribution >= 0.6 is 23.2 Å². The lowest BCUT2D eigenvalue weighted by atomic mass is 10.0. The normalized spacial score (nSPS) is 10.4. The summed E-state index contributed by atoms with van der Waals surface area (Å²) in [6.45, 7) is 2.07. The molecule has 0 unspecified atom stereocenters. The number of carbonyl (C=O) groups excluding carboxylic acids is 1. The Morgan fingerprint density at radius 1 is 1.31 bits per heavy atom. The summed E-state index contributed by atoms with van der Waals surface area (Å²) in [5.74, 6) is -0.289. The van der Waals surface area contributed by atoms with Crippen LogP contribution in [0.1, 0.15) is 43.0 Å². The minimum absolute atomic E-state index is 0.115. The Morgan fingerprint density at radius 3 is 2.62 bits per heavy atom. The molecule has 0 spiro atoms. The van der Waals surface area contributed by atoms with Crippen LogP contribution in [-0.2, 0) is 0 Å². The van der Waals surface area contributed by atoms with Gasteiger partial charge < -0.3 is 5.11 Å². The van der Waals surface area contributed by atoms with E-state index in [0.29, 0.717) is 11.4 Å². The van der Waals surface area contributed by atoms with Crippen LogP contribution in [0, 0.1) is 0 Å². The average molecular weight is 261 g/mol. The molecule has 1 aromatic carbocycles. The third-order valence-electron chi connectivity index (χ3n) is 2.34. The zero-order valence-electron chi connectivity index (χ0n) is 9.09. The maximum absolute atomic E-state index is 11.8. The van der Waals surface area contributed by atoms with Gasteiger partial charge in [0.15, 0.2) is 5.78 Å². The number of ketones is 1. The van der Waals surface area contributed by atoms with E-state index in [0.717, 1.165) is 19.3 Å². The molecule has 0 saturated heterocycles. The molecule has 1 rings (SSSR count). The van der Waals surface area contributed by atoms with Gasteiger partial charge in [0.05, 0.1) is 10.6 Å². The first-order valence-corrected chi connectivity index (χ1v) is 6.03. The van der Waals surface area contributed by atoms with Crippen LogP contribution in [0.25, 0.3) is 0 Å². The maximum Gasteiger partial charge on any atom is 0.166 e. The zero-order chi connectivity index (χ0) is 12.1. The molecule has 0 bridgehead atoms. The lowest BCUT2D eigenvalue weighted by Crippen LogP contribution is -1.99. The molecule has 16 heavy (non-hydrogen) atoms. The molecule has 0 fully saturated rings. The lowest BCUT2D eigenvalue weighted by Gasteiger charge is -2.06. The van der Waals surface area contributed by atoms with Gasteiger partial charge in [-0.05, 0) is 18.6 Å². The van der Waals surface area contributed by atoms with Crippen LogP contribution in [-0.4, -0.2) is 10.9 Å². The van der Waals surface area contributed by atoms with Crippen molar-refractivity contribution in [1.29, 1.82) is 0 Å². The summed E-state index contributed by atoms with van der Waals surface area (Å²) in [7, 11) is 0. The molecule has 4 heteroatoms. The minimum atomic E-state index is -0.174. The van der Waals surface area contributed by atoms with Crippen LogP contribution in [0.5, 0.6) is 5.75 Å². The molecular formula is C12H14Cl2O2. The summed E-state index contributed by atoms with van der Waals surface area (Å²) >= 11 is 11.5. The van der Waals surface area contributed by atoms with Crippen LogP contribution < -0.4 is 0 Å². The molecule has 0 aromatic heterocycles. The first kappa shape index (κ1) is 13.3. The second kappa shape index (κ2) is 6.12. The molecule has 0 aliphatic heterocycles. The molecule has 0 aliphatic carbocycles. The molecule has 0 heterocycles. The summed E-state index contributed by atoms with van der Waals surface area (Å²) in [6, 6.07) is 2.87. The number of hydrogen-bond donors (Lipinski definition) is 1. The van der Waals surface area contributed by atoms with Gasteiger partial charge in [0.25, 0.3) is 0 Å². The summed E-state index contributed by atoms with van der Waals surface area (Å²) < 4.78 is 0. The van der Waals surface area contributed by atoms with Gasteiger partial charge in [-0.3, -0.25) is 4.79 Å². The van der Waals surface area contributed by atoms with Gasteiger partial charge >= 0.3 is 0 Å². The number of Topliss-reactive ketones (excluding diaryl/α,β-unsaturated/α-hetero) is 1. The molecule has 0 aliphatic rings. The minimum Gasteiger partial charge on any atom is -0.506 e. The van der Waals surface area contributed by atoms with E-state index < -0.39 is 0 Å². The first-order valence-electron chi connectivity index (χ1n) is 5.27. The van der Waals surface area contributed by atoms with Gasteiger partial charge in [0.2, 0.25) is 0 Å². The molecule has 0 saturated carbocycles. The van der Waals surface area contributed by atoms with Gasteiger partial charge in [-0.1, -0.05) is 43.0 Å². The molecule has 88 valence electrons. The molecule has 0 radical (unpaired) electrons. The number of hydrogen-bond acceptors (Lipinski definition) is 2. The van der Waals surface area contributed by atoms with E-state index in [4.69, 9.17) is 23.2 Å². The SMILES string of the molecule is CCCCCC(=O)c1cc(Cl)cc(Cl)c1O. The average Bonchev–Trinajstić information content (AvgIpc) is 2.23. The number of phenols is 1. The van der Waals surface area contributed by atoms with Crippen molar-refractivity contribution in [3.8, 4) is 5.75 Å². The second-order valence-corrected chi connectivity index (χ2v) is 4.51. The summed E-state index contributed by atoms with van der Waals surface area (Å²) in [5, 5.41) is 10.1. The van der Waals surface area contributed by atoms with Crippen LogP contribution in [0.4, 0.5) is 0 Å². The van der Waals surface area contributed by atoms with Crippen molar-refractivity contribution in [1.82, 2.24) is 0 Å². The molecular weight excluding hydrogens is 247 g/mol. The van der Waals surface area contributed by atoms with Crippen molar-refractivity contribution < 1.29 is 9.90 Å². The zero-order valence-corrected chi connectivity index (χ0v) is 10.6. The smallest absolute Gasteiger partial charge is 0.166 e. The topological polar surface area (TPSA) is 37.3 Å². The number of benzene rings is 1. The van der Waals surface area contributed by atoms with E-state index in [9.17, 15) is 9.90 Å². The molecule has 1 aromatic rings. The van der Waals surface area contributed by atoms with Crippen LogP contribution in [0.2, 0.25) is 10.0 Å². The van der Waals surface area contributed by atoms with Crippen molar-refractivity contribution in [2.24, 2.45) is 0 Å². The predicted molar refractivity (Wildman–Crippen MR) is 66.6 cm³/mol. The highest BCUT2D eigenvalue weighted by Gasteiger charge is 2.14. The Bertz CT molecular complexity index is 389. The number of aromatic hydroxyl groups is 1. The summed E-state index contributed by atoms with van der Waals surface area (Å²) in [6.07, 6.45) is 3.29. The monoisotopic (exact) mass is 260 g/mol. The predicted octanol–water partition coefficient (Wildman–Crippen LogP) is 4.46. The maximum atomic E-state index is 11.8. The van der Waals surface area contributed by atoms with Crippen molar-refractivity contribution in [3.05, 3.63) is 27.7 Å². The van der Waals surface area contributed by atoms with E-state index in [2.05, 4.69) is 6.92 Å². The quantitative estimate of drug-likeness (QED) is 0.627.